The highest BCUT2D eigenvalue weighted by atomic mass is 35.5. The Morgan fingerprint density at radius 1 is 1.04 bits per heavy atom. The van der Waals surface area contributed by atoms with Crippen molar-refractivity contribution in [1.82, 2.24) is 9.97 Å². The molecule has 1 aromatic heterocycles. The largest absolute Gasteiger partial charge is 0.394 e. The number of nitrogens with zero attached hydrogens (tertiary/aromatic N) is 2. The highest BCUT2D eigenvalue weighted by molar-refractivity contribution is 7.99. The molecule has 3 atom stereocenters. The van der Waals surface area contributed by atoms with Gasteiger partial charge in [-0.25, -0.2) is 0 Å². The molecule has 2 heterocycles. The van der Waals surface area contributed by atoms with Crippen molar-refractivity contribution in [2.45, 2.75) is 50.8 Å². The number of halogens is 1. The lowest BCUT2D eigenvalue weighted by molar-refractivity contribution is -0.127. The van der Waals surface area contributed by atoms with Crippen LogP contribution in [0.5, 0.6) is 0 Å². The maximum atomic E-state index is 9.38. The number of aliphatic hydroxyl groups excluding tert-OH is 1. The summed E-state index contributed by atoms with van der Waals surface area (Å²) in [7, 11) is 0. The molecule has 15 heteroatoms. The fraction of sp³-hybridized carbons (Fsp3) is 0.594. The van der Waals surface area contributed by atoms with E-state index in [2.05, 4.69) is 26.5 Å². The van der Waals surface area contributed by atoms with Gasteiger partial charge in [0.1, 0.15) is 24.5 Å². The summed E-state index contributed by atoms with van der Waals surface area (Å²) >= 11 is 8.03. The predicted molar refractivity (Wildman–Crippen MR) is 184 cm³/mol. The van der Waals surface area contributed by atoms with Gasteiger partial charge in [0.15, 0.2) is 5.79 Å². The van der Waals surface area contributed by atoms with E-state index in [-0.39, 0.29) is 30.3 Å². The molecule has 47 heavy (non-hydrogen) atoms. The van der Waals surface area contributed by atoms with E-state index in [0.717, 1.165) is 23.5 Å². The maximum Gasteiger partial charge on any atom is 0.226 e. The van der Waals surface area contributed by atoms with E-state index in [1.54, 1.807) is 11.8 Å². The van der Waals surface area contributed by atoms with E-state index >= 15 is 0 Å². The first-order chi connectivity index (χ1) is 22.6. The number of aromatic nitrogens is 2. The standard InChI is InChI=1S/C29H40ClN5O6S.C3H8O2/c1-2-10-37-11-12-38-13-14-39-15-16-40-17-18-42-21-25(22-6-4-3-5-7-22)32-27-24(19-31)28(35-29(30)34-27)33-26-9-8-23(20-36)41-26;1-3(2,4)5/h1,3-7,19,23,25-26,31,36H,8-18,20-21H2,(H2,32,33,34,35);4-5H,1-2H3. The molecule has 2 aromatic rings. The number of aliphatic hydroxyl groups is 3. The Kier molecular flexibility index (Phi) is 20.5. The van der Waals surface area contributed by atoms with Gasteiger partial charge in [0, 0.05) is 17.7 Å². The van der Waals surface area contributed by atoms with Crippen LogP contribution >= 0.6 is 23.4 Å². The molecule has 262 valence electrons. The summed E-state index contributed by atoms with van der Waals surface area (Å²) in [5, 5.41) is 40.3. The molecule has 0 aliphatic carbocycles. The predicted octanol–water partition coefficient (Wildman–Crippen LogP) is 3.33. The van der Waals surface area contributed by atoms with Gasteiger partial charge in [0.05, 0.1) is 70.6 Å². The van der Waals surface area contributed by atoms with Crippen LogP contribution in [0.25, 0.3) is 0 Å². The quantitative estimate of drug-likeness (QED) is 0.0347. The first-order valence-corrected chi connectivity index (χ1v) is 16.9. The number of terminal acetylenes is 1. The van der Waals surface area contributed by atoms with Crippen LogP contribution in [0.2, 0.25) is 5.28 Å². The zero-order valence-corrected chi connectivity index (χ0v) is 28.6. The number of hydrogen-bond acceptors (Lipinski definition) is 14. The first kappa shape index (κ1) is 40.6. The van der Waals surface area contributed by atoms with Crippen molar-refractivity contribution in [2.24, 2.45) is 0 Å². The van der Waals surface area contributed by atoms with Crippen LogP contribution in [0.1, 0.15) is 43.9 Å². The van der Waals surface area contributed by atoms with Gasteiger partial charge in [-0.15, -0.1) is 6.42 Å². The molecule has 1 aliphatic rings. The lowest BCUT2D eigenvalue weighted by Crippen LogP contribution is -2.24. The van der Waals surface area contributed by atoms with Gasteiger partial charge in [-0.05, 0) is 43.9 Å². The van der Waals surface area contributed by atoms with Crippen molar-refractivity contribution in [2.75, 3.05) is 81.6 Å². The van der Waals surface area contributed by atoms with Gasteiger partial charge in [-0.2, -0.15) is 21.7 Å². The lowest BCUT2D eigenvalue weighted by atomic mass is 10.1. The van der Waals surface area contributed by atoms with Crippen LogP contribution in [0.15, 0.2) is 30.3 Å². The Balaban J connectivity index is 0.00000142. The van der Waals surface area contributed by atoms with Crippen LogP contribution in [-0.2, 0) is 23.7 Å². The molecule has 3 unspecified atom stereocenters. The summed E-state index contributed by atoms with van der Waals surface area (Å²) in [5.74, 6) is 3.30. The number of rotatable bonds is 22. The van der Waals surface area contributed by atoms with Gasteiger partial charge in [-0.3, -0.25) is 0 Å². The normalized spacial score (nSPS) is 16.5. The Labute approximate surface area is 286 Å². The number of anilines is 2. The monoisotopic (exact) mass is 697 g/mol. The average molecular weight is 698 g/mol. The maximum absolute atomic E-state index is 9.38. The molecule has 1 fully saturated rings. The number of benzene rings is 1. The minimum absolute atomic E-state index is 0.0385. The van der Waals surface area contributed by atoms with Crippen molar-refractivity contribution in [3.63, 3.8) is 0 Å². The second-order valence-electron chi connectivity index (χ2n) is 10.7. The molecule has 0 radical (unpaired) electrons. The Morgan fingerprint density at radius 3 is 2.21 bits per heavy atom. The molecule has 0 saturated carbocycles. The summed E-state index contributed by atoms with van der Waals surface area (Å²) in [5.41, 5.74) is 1.56. The molecule has 13 nitrogen and oxygen atoms in total. The van der Waals surface area contributed by atoms with Crippen molar-refractivity contribution >= 4 is 41.2 Å². The summed E-state index contributed by atoms with van der Waals surface area (Å²) in [6, 6.07) is 9.95. The van der Waals surface area contributed by atoms with Crippen molar-refractivity contribution in [1.29, 1.82) is 5.41 Å². The summed E-state index contributed by atoms with van der Waals surface area (Å²) in [4.78, 5) is 8.70. The van der Waals surface area contributed by atoms with Gasteiger partial charge in [0.25, 0.3) is 0 Å². The highest BCUT2D eigenvalue weighted by Gasteiger charge is 2.26. The van der Waals surface area contributed by atoms with Crippen LogP contribution < -0.4 is 10.6 Å². The van der Waals surface area contributed by atoms with Crippen molar-refractivity contribution in [3.8, 4) is 12.3 Å². The molecule has 0 bridgehead atoms. The minimum atomic E-state index is -1.50. The Morgan fingerprint density at radius 2 is 1.64 bits per heavy atom. The van der Waals surface area contributed by atoms with E-state index in [9.17, 15) is 5.11 Å². The van der Waals surface area contributed by atoms with Crippen LogP contribution in [0.3, 0.4) is 0 Å². The smallest absolute Gasteiger partial charge is 0.226 e. The second kappa shape index (κ2) is 23.7. The molecular formula is C32H48ClN5O8S. The molecule has 3 rings (SSSR count). The van der Waals surface area contributed by atoms with Gasteiger partial charge < -0.3 is 55.0 Å². The SMILES string of the molecule is C#CCOCCOCCOCCOCCSCC(Nc1nc(Cl)nc(NC2CCC(CO)O2)c1C=N)c1ccccc1.CC(C)(O)O. The minimum Gasteiger partial charge on any atom is -0.394 e. The van der Waals surface area contributed by atoms with E-state index in [1.165, 1.54) is 20.1 Å². The fourth-order valence-electron chi connectivity index (χ4n) is 4.08. The van der Waals surface area contributed by atoms with E-state index in [4.69, 9.17) is 57.3 Å². The topological polar surface area (TPSA) is 181 Å². The lowest BCUT2D eigenvalue weighted by Gasteiger charge is -2.22. The summed E-state index contributed by atoms with van der Waals surface area (Å²) in [6.07, 6.45) is 7.21. The highest BCUT2D eigenvalue weighted by Crippen LogP contribution is 2.29. The zero-order chi connectivity index (χ0) is 34.3. The number of ether oxygens (including phenoxy) is 5. The summed E-state index contributed by atoms with van der Waals surface area (Å²) < 4.78 is 27.5. The van der Waals surface area contributed by atoms with Crippen LogP contribution in [0.4, 0.5) is 11.6 Å². The van der Waals surface area contributed by atoms with Crippen molar-refractivity contribution in [3.05, 3.63) is 46.7 Å². The molecule has 0 amide bonds. The average Bonchev–Trinajstić information content (AvgIpc) is 3.49. The van der Waals surface area contributed by atoms with Gasteiger partial charge in [0.2, 0.25) is 5.28 Å². The zero-order valence-electron chi connectivity index (χ0n) is 27.0. The first-order valence-electron chi connectivity index (χ1n) is 15.3. The Hall–Kier alpha value is -2.55. The third kappa shape index (κ3) is 18.5. The molecule has 6 N–H and O–H groups in total. The molecular weight excluding hydrogens is 650 g/mol. The number of thioether (sulfide) groups is 1. The molecule has 1 aliphatic heterocycles. The van der Waals surface area contributed by atoms with E-state index in [0.29, 0.717) is 76.5 Å². The second-order valence-corrected chi connectivity index (χ2v) is 12.2. The number of nitrogens with one attached hydrogen (secondary N) is 3. The van der Waals surface area contributed by atoms with E-state index in [1.807, 2.05) is 30.3 Å². The van der Waals surface area contributed by atoms with Crippen LogP contribution in [-0.4, -0.2) is 121 Å². The van der Waals surface area contributed by atoms with Crippen LogP contribution in [0, 0.1) is 17.8 Å². The number of hydrogen-bond donors (Lipinski definition) is 6. The summed E-state index contributed by atoms with van der Waals surface area (Å²) in [6.45, 7) is 6.41. The molecule has 0 spiro atoms. The van der Waals surface area contributed by atoms with E-state index < -0.39 is 5.79 Å². The Bertz CT molecular complexity index is 1180. The van der Waals surface area contributed by atoms with Crippen molar-refractivity contribution < 1.29 is 39.0 Å². The fourth-order valence-corrected chi connectivity index (χ4v) is 5.16. The van der Waals surface area contributed by atoms with Gasteiger partial charge in [-0.1, -0.05) is 36.3 Å². The third-order valence-electron chi connectivity index (χ3n) is 6.14. The molecule has 1 saturated heterocycles. The van der Waals surface area contributed by atoms with Gasteiger partial charge >= 0.3 is 0 Å². The third-order valence-corrected chi connectivity index (χ3v) is 7.34. The molecule has 1 aromatic carbocycles.